The minimum Gasteiger partial charge on any atom is -0.469 e. The van der Waals surface area contributed by atoms with Crippen molar-refractivity contribution in [1.29, 1.82) is 0 Å². The summed E-state index contributed by atoms with van der Waals surface area (Å²) in [5.41, 5.74) is 1.81. The molecule has 1 N–H and O–H groups in total. The van der Waals surface area contributed by atoms with Gasteiger partial charge >= 0.3 is 5.97 Å². The largest absolute Gasteiger partial charge is 0.469 e. The van der Waals surface area contributed by atoms with Crippen LogP contribution in [0.25, 0.3) is 11.3 Å². The fourth-order valence-electron chi connectivity index (χ4n) is 3.73. The Morgan fingerprint density at radius 2 is 2.03 bits per heavy atom. The van der Waals surface area contributed by atoms with Gasteiger partial charge in [0, 0.05) is 29.7 Å². The van der Waals surface area contributed by atoms with Gasteiger partial charge in [0.2, 0.25) is 0 Å². The fourth-order valence-corrected chi connectivity index (χ4v) is 4.19. The molecule has 2 atom stereocenters. The Bertz CT molecular complexity index is 1060. The second kappa shape index (κ2) is 9.49. The van der Waals surface area contributed by atoms with Gasteiger partial charge in [-0.1, -0.05) is 17.7 Å². The minimum atomic E-state index is -0.237. The highest BCUT2D eigenvalue weighted by molar-refractivity contribution is 7.80. The van der Waals surface area contributed by atoms with Crippen molar-refractivity contribution >= 4 is 34.9 Å². The van der Waals surface area contributed by atoms with Gasteiger partial charge in [-0.15, -0.1) is 0 Å². The Kier molecular flexibility index (Phi) is 6.53. The number of carbonyl (C=O) groups excluding carboxylic acids is 1. The number of hydrogen-bond donors (Lipinski definition) is 1. The third-order valence-corrected chi connectivity index (χ3v) is 5.86. The number of nitrogens with one attached hydrogen (secondary N) is 1. The molecule has 3 heterocycles. The van der Waals surface area contributed by atoms with E-state index in [4.69, 9.17) is 33.0 Å². The molecule has 8 heteroatoms. The second-order valence-corrected chi connectivity index (χ2v) is 8.03. The molecule has 0 bridgehead atoms. The van der Waals surface area contributed by atoms with Gasteiger partial charge in [-0.3, -0.25) is 9.78 Å². The van der Waals surface area contributed by atoms with Crippen LogP contribution in [0.2, 0.25) is 5.02 Å². The SMILES string of the molecule is COC(=O)CCCN1C(=S)N[C@H](c2ccccn2)[C@H]1c1ccc(-c2ccc(Cl)cc2)o1. The van der Waals surface area contributed by atoms with Crippen molar-refractivity contribution in [2.75, 3.05) is 13.7 Å². The van der Waals surface area contributed by atoms with E-state index in [1.807, 2.05) is 54.6 Å². The van der Waals surface area contributed by atoms with E-state index in [-0.39, 0.29) is 18.1 Å². The highest BCUT2D eigenvalue weighted by Gasteiger charge is 2.41. The number of aromatic nitrogens is 1. The maximum absolute atomic E-state index is 11.6. The molecule has 3 aromatic rings. The molecule has 6 nitrogen and oxygen atoms in total. The zero-order valence-electron chi connectivity index (χ0n) is 17.0. The summed E-state index contributed by atoms with van der Waals surface area (Å²) >= 11 is 11.6. The average molecular weight is 456 g/mol. The Balaban J connectivity index is 1.64. The predicted octanol–water partition coefficient (Wildman–Crippen LogP) is 4.92. The van der Waals surface area contributed by atoms with E-state index in [0.29, 0.717) is 29.5 Å². The van der Waals surface area contributed by atoms with Gasteiger partial charge in [0.05, 0.1) is 18.8 Å². The maximum atomic E-state index is 11.6. The van der Waals surface area contributed by atoms with Crippen LogP contribution in [0.15, 0.2) is 65.2 Å². The van der Waals surface area contributed by atoms with Crippen LogP contribution in [0.1, 0.15) is 36.4 Å². The molecule has 1 aliphatic rings. The third kappa shape index (κ3) is 4.73. The number of benzene rings is 1. The van der Waals surface area contributed by atoms with Crippen molar-refractivity contribution in [3.05, 3.63) is 77.3 Å². The number of esters is 1. The third-order valence-electron chi connectivity index (χ3n) is 5.25. The highest BCUT2D eigenvalue weighted by atomic mass is 35.5. The van der Waals surface area contributed by atoms with Crippen molar-refractivity contribution in [3.63, 3.8) is 0 Å². The van der Waals surface area contributed by atoms with Crippen LogP contribution in [-0.2, 0) is 9.53 Å². The van der Waals surface area contributed by atoms with E-state index >= 15 is 0 Å². The number of nitrogens with zero attached hydrogens (tertiary/aromatic N) is 2. The smallest absolute Gasteiger partial charge is 0.305 e. The molecule has 1 aliphatic heterocycles. The maximum Gasteiger partial charge on any atom is 0.305 e. The quantitative estimate of drug-likeness (QED) is 0.400. The molecule has 0 unspecified atom stereocenters. The molecule has 1 saturated heterocycles. The molecule has 2 aromatic heterocycles. The van der Waals surface area contributed by atoms with E-state index in [0.717, 1.165) is 22.8 Å². The van der Waals surface area contributed by atoms with Crippen LogP contribution < -0.4 is 5.32 Å². The number of thiocarbonyl (C=S) groups is 1. The van der Waals surface area contributed by atoms with Gasteiger partial charge in [-0.05, 0) is 67.2 Å². The lowest BCUT2D eigenvalue weighted by atomic mass is 10.0. The van der Waals surface area contributed by atoms with Crippen molar-refractivity contribution in [3.8, 4) is 11.3 Å². The fraction of sp³-hybridized carbons (Fsp3) is 0.261. The van der Waals surface area contributed by atoms with Gasteiger partial charge in [-0.25, -0.2) is 0 Å². The standard InChI is InChI=1S/C23H22ClN3O3S/c1-29-20(28)6-4-14-27-22(21(26-23(27)31)17-5-2-3-13-25-17)19-12-11-18(30-19)15-7-9-16(24)10-8-15/h2-3,5,7-13,21-22H,4,6,14H2,1H3,(H,26,31)/t21-,22-/m1/s1. The summed E-state index contributed by atoms with van der Waals surface area (Å²) in [5.74, 6) is 1.28. The van der Waals surface area contributed by atoms with Crippen LogP contribution in [0.4, 0.5) is 0 Å². The number of hydrogen-bond acceptors (Lipinski definition) is 5. The number of furan rings is 1. The van der Waals surface area contributed by atoms with Gasteiger partial charge in [0.15, 0.2) is 5.11 Å². The predicted molar refractivity (Wildman–Crippen MR) is 123 cm³/mol. The number of methoxy groups -OCH3 is 1. The Labute approximate surface area is 191 Å². The normalized spacial score (nSPS) is 18.1. The summed E-state index contributed by atoms with van der Waals surface area (Å²) in [4.78, 5) is 18.1. The van der Waals surface area contributed by atoms with Gasteiger partial charge in [0.1, 0.15) is 17.6 Å². The van der Waals surface area contributed by atoms with Crippen LogP contribution in [0, 0.1) is 0 Å². The number of ether oxygens (including phenoxy) is 1. The molecule has 31 heavy (non-hydrogen) atoms. The Hall–Kier alpha value is -2.90. The molecule has 0 spiro atoms. The van der Waals surface area contributed by atoms with E-state index in [9.17, 15) is 4.79 Å². The first kappa shape index (κ1) is 21.3. The number of pyridine rings is 1. The first-order valence-corrected chi connectivity index (χ1v) is 10.8. The minimum absolute atomic E-state index is 0.170. The summed E-state index contributed by atoms with van der Waals surface area (Å²) in [6, 6.07) is 16.9. The van der Waals surface area contributed by atoms with E-state index in [1.165, 1.54) is 7.11 Å². The lowest BCUT2D eigenvalue weighted by Gasteiger charge is -2.25. The van der Waals surface area contributed by atoms with Crippen molar-refractivity contribution in [1.82, 2.24) is 15.2 Å². The molecule has 0 amide bonds. The van der Waals surface area contributed by atoms with Crippen molar-refractivity contribution in [2.24, 2.45) is 0 Å². The van der Waals surface area contributed by atoms with E-state index < -0.39 is 0 Å². The average Bonchev–Trinajstić information content (AvgIpc) is 3.39. The molecular formula is C23H22ClN3O3S. The first-order chi connectivity index (χ1) is 15.1. The molecule has 0 radical (unpaired) electrons. The lowest BCUT2D eigenvalue weighted by molar-refractivity contribution is -0.140. The molecular weight excluding hydrogens is 434 g/mol. The highest BCUT2D eigenvalue weighted by Crippen LogP contribution is 2.40. The van der Waals surface area contributed by atoms with Gasteiger partial charge < -0.3 is 19.4 Å². The number of halogens is 1. The topological polar surface area (TPSA) is 67.6 Å². The number of rotatable bonds is 7. The van der Waals surface area contributed by atoms with Crippen LogP contribution >= 0.6 is 23.8 Å². The van der Waals surface area contributed by atoms with Crippen LogP contribution in [0.5, 0.6) is 0 Å². The monoisotopic (exact) mass is 455 g/mol. The molecule has 4 rings (SSSR count). The van der Waals surface area contributed by atoms with Crippen LogP contribution in [0.3, 0.4) is 0 Å². The summed E-state index contributed by atoms with van der Waals surface area (Å²) in [7, 11) is 1.39. The molecule has 0 saturated carbocycles. The van der Waals surface area contributed by atoms with Crippen molar-refractivity contribution < 1.29 is 13.9 Å². The molecule has 1 aromatic carbocycles. The van der Waals surface area contributed by atoms with Crippen LogP contribution in [-0.4, -0.2) is 34.6 Å². The second-order valence-electron chi connectivity index (χ2n) is 7.21. The zero-order valence-corrected chi connectivity index (χ0v) is 18.5. The van der Waals surface area contributed by atoms with E-state index in [2.05, 4.69) is 15.2 Å². The molecule has 0 aliphatic carbocycles. The van der Waals surface area contributed by atoms with E-state index in [1.54, 1.807) is 6.20 Å². The Morgan fingerprint density at radius 1 is 1.23 bits per heavy atom. The molecule has 160 valence electrons. The zero-order chi connectivity index (χ0) is 21.8. The lowest BCUT2D eigenvalue weighted by Crippen LogP contribution is -2.30. The summed E-state index contributed by atoms with van der Waals surface area (Å²) in [6.07, 6.45) is 2.70. The molecule has 1 fully saturated rings. The first-order valence-electron chi connectivity index (χ1n) is 9.97. The summed E-state index contributed by atoms with van der Waals surface area (Å²) in [6.45, 7) is 0.589. The summed E-state index contributed by atoms with van der Waals surface area (Å²) in [5, 5.41) is 4.66. The number of carbonyl (C=O) groups is 1. The van der Waals surface area contributed by atoms with Gasteiger partial charge in [-0.2, -0.15) is 0 Å². The van der Waals surface area contributed by atoms with Gasteiger partial charge in [0.25, 0.3) is 0 Å². The Morgan fingerprint density at radius 3 is 2.74 bits per heavy atom. The van der Waals surface area contributed by atoms with Crippen molar-refractivity contribution in [2.45, 2.75) is 24.9 Å². The summed E-state index contributed by atoms with van der Waals surface area (Å²) < 4.78 is 11.0.